The van der Waals surface area contributed by atoms with Crippen molar-refractivity contribution in [3.05, 3.63) is 224 Å². The summed E-state index contributed by atoms with van der Waals surface area (Å²) >= 11 is 0. The summed E-state index contributed by atoms with van der Waals surface area (Å²) in [5, 5.41) is 12.6. The molecule has 14 aromatic rings. The molecular weight excluding hydrogens is 791 g/mol. The number of furan rings is 2. The zero-order chi connectivity index (χ0) is 42.6. The number of para-hydroxylation sites is 3. The van der Waals surface area contributed by atoms with Crippen molar-refractivity contribution in [2.24, 2.45) is 0 Å². The van der Waals surface area contributed by atoms with E-state index in [1.807, 2.05) is 0 Å². The van der Waals surface area contributed by atoms with E-state index in [4.69, 9.17) is 8.83 Å². The van der Waals surface area contributed by atoms with Crippen LogP contribution in [0.1, 0.15) is 0 Å². The van der Waals surface area contributed by atoms with Gasteiger partial charge in [0.05, 0.1) is 16.6 Å². The fourth-order valence-corrected chi connectivity index (χ4v) is 10.8. The van der Waals surface area contributed by atoms with E-state index in [9.17, 15) is 0 Å². The van der Waals surface area contributed by atoms with E-state index in [0.717, 1.165) is 99.3 Å². The largest absolute Gasteiger partial charge is 0.455 e. The van der Waals surface area contributed by atoms with Crippen LogP contribution in [-0.2, 0) is 0 Å². The monoisotopic (exact) mass is 827 g/mol. The second kappa shape index (κ2) is 13.9. The van der Waals surface area contributed by atoms with Crippen molar-refractivity contribution in [1.82, 2.24) is 4.57 Å². The third-order valence-corrected chi connectivity index (χ3v) is 13.6. The molecule has 302 valence electrons. The lowest BCUT2D eigenvalue weighted by Crippen LogP contribution is -1.94. The Labute approximate surface area is 373 Å². The maximum absolute atomic E-state index is 7.46. The Bertz CT molecular complexity index is 4170. The number of nitrogens with zero attached hydrogens (tertiary/aromatic N) is 1. The second-order valence-corrected chi connectivity index (χ2v) is 17.1. The normalized spacial score (nSPS) is 12.0. The first kappa shape index (κ1) is 35.9. The first-order valence-electron chi connectivity index (χ1n) is 22.2. The van der Waals surface area contributed by atoms with Crippen LogP contribution in [-0.4, -0.2) is 4.57 Å². The Kier molecular flexibility index (Phi) is 7.69. The quantitative estimate of drug-likeness (QED) is 0.162. The van der Waals surface area contributed by atoms with Gasteiger partial charge in [0.2, 0.25) is 0 Å². The Hall–Kier alpha value is -8.66. The number of hydrogen-bond donors (Lipinski definition) is 0. The van der Waals surface area contributed by atoms with Gasteiger partial charge < -0.3 is 13.4 Å². The van der Waals surface area contributed by atoms with Crippen LogP contribution >= 0.6 is 0 Å². The first-order chi connectivity index (χ1) is 32.3. The van der Waals surface area contributed by atoms with Crippen molar-refractivity contribution in [3.8, 4) is 50.4 Å². The van der Waals surface area contributed by atoms with Crippen molar-refractivity contribution in [3.63, 3.8) is 0 Å². The lowest BCUT2D eigenvalue weighted by atomic mass is 9.84. The number of fused-ring (bicyclic) bond motifs is 10. The molecule has 0 fully saturated rings. The van der Waals surface area contributed by atoms with Crippen molar-refractivity contribution in [1.29, 1.82) is 0 Å². The van der Waals surface area contributed by atoms with Crippen molar-refractivity contribution < 1.29 is 8.83 Å². The highest BCUT2D eigenvalue weighted by molar-refractivity contribution is 6.29. The molecule has 0 unspecified atom stereocenters. The lowest BCUT2D eigenvalue weighted by Gasteiger charge is -2.18. The molecule has 65 heavy (non-hydrogen) atoms. The maximum atomic E-state index is 7.46. The molecule has 0 radical (unpaired) electrons. The summed E-state index contributed by atoms with van der Waals surface area (Å²) in [6.45, 7) is 0. The molecule has 0 bridgehead atoms. The van der Waals surface area contributed by atoms with E-state index in [1.54, 1.807) is 0 Å². The molecule has 0 atom stereocenters. The van der Waals surface area contributed by atoms with E-state index in [1.165, 1.54) is 38.1 Å². The Morgan fingerprint density at radius 2 is 0.846 bits per heavy atom. The fourth-order valence-electron chi connectivity index (χ4n) is 10.8. The van der Waals surface area contributed by atoms with Gasteiger partial charge >= 0.3 is 0 Å². The van der Waals surface area contributed by atoms with E-state index in [-0.39, 0.29) is 0 Å². The summed E-state index contributed by atoms with van der Waals surface area (Å²) in [6.07, 6.45) is 0. The molecule has 3 heteroatoms. The van der Waals surface area contributed by atoms with Gasteiger partial charge in [-0.1, -0.05) is 182 Å². The smallest absolute Gasteiger partial charge is 0.147 e. The number of hydrogen-bond acceptors (Lipinski definition) is 2. The standard InChI is InChI=1S/C62H37NO2/c1-3-18-39(19-4-1)57-52-37-51-46-24-14-16-30-55(46)64-61(51)59(62(52)65-60(57)42-32-31-38-17-7-8-20-40(38)35-42)58-49-27-11-9-25-47(49)56(48-26-10-12-28-50(48)58)41-33-34-45-44-23-13-15-29-53(44)63(54(45)36-41)43-21-5-2-6-22-43/h1-37H. The van der Waals surface area contributed by atoms with Gasteiger partial charge in [0, 0.05) is 49.3 Å². The molecule has 14 rings (SSSR count). The molecule has 0 aliphatic carbocycles. The minimum atomic E-state index is 0.801. The van der Waals surface area contributed by atoms with Gasteiger partial charge in [-0.25, -0.2) is 0 Å². The summed E-state index contributed by atoms with van der Waals surface area (Å²) in [5.41, 5.74) is 13.6. The lowest BCUT2D eigenvalue weighted by molar-refractivity contribution is 0.630. The van der Waals surface area contributed by atoms with Crippen LogP contribution in [0.15, 0.2) is 233 Å². The summed E-state index contributed by atoms with van der Waals surface area (Å²) in [4.78, 5) is 0. The minimum Gasteiger partial charge on any atom is -0.455 e. The fraction of sp³-hybridized carbons (Fsp3) is 0. The molecule has 0 saturated carbocycles. The molecule has 3 heterocycles. The van der Waals surface area contributed by atoms with Crippen molar-refractivity contribution in [2.45, 2.75) is 0 Å². The highest BCUT2D eigenvalue weighted by Crippen LogP contribution is 2.53. The van der Waals surface area contributed by atoms with Crippen LogP contribution in [0.5, 0.6) is 0 Å². The molecular formula is C62H37NO2. The van der Waals surface area contributed by atoms with E-state index < -0.39 is 0 Å². The van der Waals surface area contributed by atoms with Crippen LogP contribution < -0.4 is 0 Å². The SMILES string of the molecule is c1ccc(-c2c(-c3ccc4ccccc4c3)oc3c(-c4c5ccccc5c(-c5ccc6c7ccccc7n(-c7ccccc7)c6c5)c5ccccc45)c4oc5ccccc5c4cc23)cc1. The summed E-state index contributed by atoms with van der Waals surface area (Å²) in [7, 11) is 0. The molecule has 0 amide bonds. The first-order valence-corrected chi connectivity index (χ1v) is 22.2. The second-order valence-electron chi connectivity index (χ2n) is 17.1. The molecule has 0 aliphatic heterocycles. The van der Waals surface area contributed by atoms with Crippen molar-refractivity contribution in [2.75, 3.05) is 0 Å². The molecule has 3 aromatic heterocycles. The summed E-state index contributed by atoms with van der Waals surface area (Å²) in [5.74, 6) is 0.836. The number of aromatic nitrogens is 1. The zero-order valence-corrected chi connectivity index (χ0v) is 35.1. The predicted molar refractivity (Wildman–Crippen MR) is 272 cm³/mol. The van der Waals surface area contributed by atoms with Gasteiger partial charge in [-0.2, -0.15) is 0 Å². The van der Waals surface area contributed by atoms with E-state index in [2.05, 4.69) is 229 Å². The van der Waals surface area contributed by atoms with Gasteiger partial charge in [-0.3, -0.25) is 0 Å². The summed E-state index contributed by atoms with van der Waals surface area (Å²) in [6, 6.07) is 80.8. The third kappa shape index (κ3) is 5.30. The minimum absolute atomic E-state index is 0.801. The Morgan fingerprint density at radius 1 is 0.277 bits per heavy atom. The molecule has 11 aromatic carbocycles. The number of rotatable bonds is 5. The predicted octanol–water partition coefficient (Wildman–Crippen LogP) is 17.6. The van der Waals surface area contributed by atoms with Gasteiger partial charge in [0.1, 0.15) is 22.5 Å². The topological polar surface area (TPSA) is 31.2 Å². The van der Waals surface area contributed by atoms with Crippen LogP contribution in [0.2, 0.25) is 0 Å². The van der Waals surface area contributed by atoms with Crippen LogP contribution in [0.4, 0.5) is 0 Å². The molecule has 0 spiro atoms. The van der Waals surface area contributed by atoms with E-state index in [0.29, 0.717) is 0 Å². The molecule has 0 aliphatic rings. The molecule has 0 N–H and O–H groups in total. The van der Waals surface area contributed by atoms with Crippen LogP contribution in [0.3, 0.4) is 0 Å². The van der Waals surface area contributed by atoms with Gasteiger partial charge in [0.15, 0.2) is 0 Å². The van der Waals surface area contributed by atoms with E-state index >= 15 is 0 Å². The highest BCUT2D eigenvalue weighted by Gasteiger charge is 2.28. The average molecular weight is 828 g/mol. The highest BCUT2D eigenvalue weighted by atomic mass is 16.3. The number of benzene rings is 11. The third-order valence-electron chi connectivity index (χ3n) is 13.6. The van der Waals surface area contributed by atoms with Gasteiger partial charge in [-0.05, 0) is 91.5 Å². The van der Waals surface area contributed by atoms with Gasteiger partial charge in [-0.15, -0.1) is 0 Å². The Balaban J connectivity index is 1.12. The average Bonchev–Trinajstić information content (AvgIpc) is 4.05. The molecule has 0 saturated heterocycles. The van der Waals surface area contributed by atoms with Crippen LogP contribution in [0, 0.1) is 0 Å². The van der Waals surface area contributed by atoms with Crippen LogP contribution in [0.25, 0.3) is 137 Å². The maximum Gasteiger partial charge on any atom is 0.147 e. The van der Waals surface area contributed by atoms with Crippen molar-refractivity contribution >= 4 is 87.0 Å². The Morgan fingerprint density at radius 3 is 1.60 bits per heavy atom. The zero-order valence-electron chi connectivity index (χ0n) is 35.1. The van der Waals surface area contributed by atoms with Gasteiger partial charge in [0.25, 0.3) is 0 Å². The molecule has 3 nitrogen and oxygen atoms in total. The summed E-state index contributed by atoms with van der Waals surface area (Å²) < 4.78 is 16.9.